The van der Waals surface area contributed by atoms with Crippen LogP contribution in [-0.2, 0) is 12.8 Å². The molecule has 3 heteroatoms. The minimum Gasteiger partial charge on any atom is -0.497 e. The molecular formula is C11H14Br2O. The zero-order valence-electron chi connectivity index (χ0n) is 8.22. The summed E-state index contributed by atoms with van der Waals surface area (Å²) in [4.78, 5) is 0. The number of ether oxygens (including phenoxy) is 1. The van der Waals surface area contributed by atoms with Gasteiger partial charge in [0.1, 0.15) is 5.75 Å². The van der Waals surface area contributed by atoms with Gasteiger partial charge >= 0.3 is 0 Å². The van der Waals surface area contributed by atoms with Gasteiger partial charge < -0.3 is 4.74 Å². The first kappa shape index (κ1) is 12.1. The van der Waals surface area contributed by atoms with E-state index in [0.717, 1.165) is 29.3 Å². The van der Waals surface area contributed by atoms with Crippen LogP contribution in [0.25, 0.3) is 0 Å². The highest BCUT2D eigenvalue weighted by Crippen LogP contribution is 2.18. The van der Waals surface area contributed by atoms with Crippen molar-refractivity contribution in [3.05, 3.63) is 29.3 Å². The molecule has 0 aliphatic heterocycles. The third kappa shape index (κ3) is 3.62. The lowest BCUT2D eigenvalue weighted by molar-refractivity contribution is 0.414. The average molecular weight is 322 g/mol. The monoisotopic (exact) mass is 320 g/mol. The molecule has 0 atom stereocenters. The van der Waals surface area contributed by atoms with E-state index in [0.29, 0.717) is 0 Å². The maximum Gasteiger partial charge on any atom is 0.119 e. The van der Waals surface area contributed by atoms with E-state index in [-0.39, 0.29) is 0 Å². The fraction of sp³-hybridized carbons (Fsp3) is 0.455. The van der Waals surface area contributed by atoms with E-state index < -0.39 is 0 Å². The maximum absolute atomic E-state index is 5.26. The summed E-state index contributed by atoms with van der Waals surface area (Å²) in [6.07, 6.45) is 2.10. The van der Waals surface area contributed by atoms with Crippen LogP contribution in [0.3, 0.4) is 0 Å². The van der Waals surface area contributed by atoms with E-state index in [4.69, 9.17) is 4.74 Å². The largest absolute Gasteiger partial charge is 0.497 e. The quantitative estimate of drug-likeness (QED) is 0.753. The Morgan fingerprint density at radius 1 is 1.00 bits per heavy atom. The Morgan fingerprint density at radius 3 is 1.86 bits per heavy atom. The number of halogens is 2. The molecule has 1 nitrogen and oxygen atoms in total. The van der Waals surface area contributed by atoms with Gasteiger partial charge in [-0.25, -0.2) is 0 Å². The summed E-state index contributed by atoms with van der Waals surface area (Å²) in [5.74, 6) is 0.958. The second-order valence-corrected chi connectivity index (χ2v) is 4.65. The van der Waals surface area contributed by atoms with Crippen LogP contribution in [0.4, 0.5) is 0 Å². The second-order valence-electron chi connectivity index (χ2n) is 3.07. The molecule has 1 rings (SSSR count). The Hall–Kier alpha value is -0.0200. The van der Waals surface area contributed by atoms with Gasteiger partial charge in [-0.1, -0.05) is 37.9 Å². The molecule has 0 radical (unpaired) electrons. The molecule has 0 unspecified atom stereocenters. The molecule has 1 aromatic carbocycles. The van der Waals surface area contributed by atoms with Crippen molar-refractivity contribution in [1.29, 1.82) is 0 Å². The predicted molar refractivity (Wildman–Crippen MR) is 68.0 cm³/mol. The summed E-state index contributed by atoms with van der Waals surface area (Å²) in [6.45, 7) is 0. The summed E-state index contributed by atoms with van der Waals surface area (Å²) in [6, 6.07) is 6.43. The van der Waals surface area contributed by atoms with E-state index in [1.807, 2.05) is 0 Å². The van der Waals surface area contributed by atoms with E-state index in [9.17, 15) is 0 Å². The van der Waals surface area contributed by atoms with Crippen LogP contribution in [0.15, 0.2) is 18.2 Å². The van der Waals surface area contributed by atoms with Crippen LogP contribution in [0.2, 0.25) is 0 Å². The van der Waals surface area contributed by atoms with Crippen molar-refractivity contribution in [3.8, 4) is 5.75 Å². The maximum atomic E-state index is 5.26. The van der Waals surface area contributed by atoms with Crippen molar-refractivity contribution >= 4 is 31.9 Å². The SMILES string of the molecule is COc1cc(CCBr)cc(CCBr)c1. The van der Waals surface area contributed by atoms with Crippen molar-refractivity contribution in [3.63, 3.8) is 0 Å². The molecule has 0 fully saturated rings. The molecule has 0 spiro atoms. The Labute approximate surface area is 102 Å². The molecule has 78 valence electrons. The molecule has 0 bridgehead atoms. The number of alkyl halides is 2. The van der Waals surface area contributed by atoms with Crippen molar-refractivity contribution < 1.29 is 4.74 Å². The van der Waals surface area contributed by atoms with E-state index in [1.165, 1.54) is 11.1 Å². The smallest absolute Gasteiger partial charge is 0.119 e. The van der Waals surface area contributed by atoms with Crippen molar-refractivity contribution in [2.24, 2.45) is 0 Å². The molecule has 1 aromatic rings. The number of aryl methyl sites for hydroxylation is 2. The van der Waals surface area contributed by atoms with Gasteiger partial charge in [0.15, 0.2) is 0 Å². The molecule has 0 aliphatic rings. The number of rotatable bonds is 5. The molecule has 0 aliphatic carbocycles. The summed E-state index contributed by atoms with van der Waals surface area (Å²) in [7, 11) is 1.71. The molecular weight excluding hydrogens is 308 g/mol. The third-order valence-corrected chi connectivity index (χ3v) is 2.82. The van der Waals surface area contributed by atoms with Gasteiger partial charge in [0.25, 0.3) is 0 Å². The first-order chi connectivity index (χ1) is 6.80. The lowest BCUT2D eigenvalue weighted by Gasteiger charge is -2.07. The van der Waals surface area contributed by atoms with E-state index >= 15 is 0 Å². The van der Waals surface area contributed by atoms with Crippen LogP contribution in [-0.4, -0.2) is 17.8 Å². The van der Waals surface area contributed by atoms with Gasteiger partial charge in [-0.3, -0.25) is 0 Å². The van der Waals surface area contributed by atoms with Gasteiger partial charge in [0, 0.05) is 10.7 Å². The average Bonchev–Trinajstić information content (AvgIpc) is 2.18. The standard InChI is InChI=1S/C11H14Br2O/c1-14-11-7-9(2-4-12)6-10(8-11)3-5-13/h6-8H,2-5H2,1H3. The highest BCUT2D eigenvalue weighted by atomic mass is 79.9. The summed E-state index contributed by atoms with van der Waals surface area (Å²) < 4.78 is 5.26. The van der Waals surface area contributed by atoms with Crippen LogP contribution in [0.5, 0.6) is 5.75 Å². The lowest BCUT2D eigenvalue weighted by Crippen LogP contribution is -1.94. The summed E-state index contributed by atoms with van der Waals surface area (Å²) in [5, 5.41) is 1.99. The van der Waals surface area contributed by atoms with Crippen LogP contribution >= 0.6 is 31.9 Å². The van der Waals surface area contributed by atoms with Gasteiger partial charge in [0.05, 0.1) is 7.11 Å². The Morgan fingerprint density at radius 2 is 1.50 bits per heavy atom. The van der Waals surface area contributed by atoms with Crippen molar-refractivity contribution in [1.82, 2.24) is 0 Å². The highest BCUT2D eigenvalue weighted by Gasteiger charge is 2.00. The zero-order chi connectivity index (χ0) is 10.4. The molecule has 0 saturated carbocycles. The Kier molecular flexibility index (Phi) is 5.56. The minimum absolute atomic E-state index is 0.958. The Bertz CT molecular complexity index is 262. The minimum atomic E-state index is 0.958. The molecule has 0 aromatic heterocycles. The van der Waals surface area contributed by atoms with Crippen molar-refractivity contribution in [2.45, 2.75) is 12.8 Å². The third-order valence-electron chi connectivity index (χ3n) is 2.03. The number of methoxy groups -OCH3 is 1. The zero-order valence-corrected chi connectivity index (χ0v) is 11.4. The number of hydrogen-bond donors (Lipinski definition) is 0. The number of benzene rings is 1. The van der Waals surface area contributed by atoms with Gasteiger partial charge in [-0.15, -0.1) is 0 Å². The molecule has 0 saturated heterocycles. The number of hydrogen-bond acceptors (Lipinski definition) is 1. The molecule has 14 heavy (non-hydrogen) atoms. The van der Waals surface area contributed by atoms with Gasteiger partial charge in [-0.05, 0) is 36.1 Å². The summed E-state index contributed by atoms with van der Waals surface area (Å²) in [5.41, 5.74) is 2.66. The summed E-state index contributed by atoms with van der Waals surface area (Å²) >= 11 is 6.89. The first-order valence-corrected chi connectivity index (χ1v) is 6.83. The van der Waals surface area contributed by atoms with E-state index in [1.54, 1.807) is 7.11 Å². The predicted octanol–water partition coefficient (Wildman–Crippen LogP) is 3.57. The van der Waals surface area contributed by atoms with Crippen LogP contribution in [0.1, 0.15) is 11.1 Å². The topological polar surface area (TPSA) is 9.23 Å². The molecule has 0 amide bonds. The Balaban J connectivity index is 2.88. The van der Waals surface area contributed by atoms with E-state index in [2.05, 4.69) is 50.1 Å². The fourth-order valence-corrected chi connectivity index (χ4v) is 2.27. The molecule has 0 N–H and O–H groups in total. The highest BCUT2D eigenvalue weighted by molar-refractivity contribution is 9.09. The van der Waals surface area contributed by atoms with Crippen LogP contribution < -0.4 is 4.74 Å². The fourth-order valence-electron chi connectivity index (χ4n) is 1.35. The van der Waals surface area contributed by atoms with Gasteiger partial charge in [0.2, 0.25) is 0 Å². The second kappa shape index (κ2) is 6.46. The van der Waals surface area contributed by atoms with Gasteiger partial charge in [-0.2, -0.15) is 0 Å². The normalized spacial score (nSPS) is 10.2. The van der Waals surface area contributed by atoms with Crippen molar-refractivity contribution in [2.75, 3.05) is 17.8 Å². The molecule has 0 heterocycles. The lowest BCUT2D eigenvalue weighted by atomic mass is 10.1. The first-order valence-electron chi connectivity index (χ1n) is 4.59. The van der Waals surface area contributed by atoms with Crippen LogP contribution in [0, 0.1) is 0 Å².